The van der Waals surface area contributed by atoms with Crippen LogP contribution in [0.1, 0.15) is 54.4 Å². The Kier molecular flexibility index (Phi) is 9.78. The van der Waals surface area contributed by atoms with E-state index in [0.29, 0.717) is 0 Å². The van der Waals surface area contributed by atoms with Crippen LogP contribution in [-0.4, -0.2) is 49.3 Å². The van der Waals surface area contributed by atoms with E-state index in [0.717, 1.165) is 0 Å². The lowest BCUT2D eigenvalue weighted by atomic mass is 9.80. The number of ether oxygens (including phenoxy) is 4. The minimum Gasteiger partial charge on any atom is -0.465 e. The maximum Gasteiger partial charge on any atom is 0.324 e. The summed E-state index contributed by atoms with van der Waals surface area (Å²) >= 11 is 0. The van der Waals surface area contributed by atoms with Crippen LogP contribution in [0.4, 0.5) is 0 Å². The number of carbonyl (C=O) groups is 4. The largest absolute Gasteiger partial charge is 0.465 e. The molecule has 8 nitrogen and oxygen atoms in total. The van der Waals surface area contributed by atoms with Gasteiger partial charge in [-0.15, -0.1) is 0 Å². The molecule has 0 saturated heterocycles. The summed E-state index contributed by atoms with van der Waals surface area (Å²) in [6, 6.07) is 0. The van der Waals surface area contributed by atoms with E-state index in [1.54, 1.807) is 41.5 Å². The SMILES string of the molecule is CCOC(=O)C(CC(=O)OC(C)C)(CC(=O)OC(C)C)C(=O)OCC. The van der Waals surface area contributed by atoms with Gasteiger partial charge in [0.1, 0.15) is 0 Å². The van der Waals surface area contributed by atoms with Crippen LogP contribution >= 0.6 is 0 Å². The van der Waals surface area contributed by atoms with E-state index in [1.165, 1.54) is 0 Å². The first-order valence-electron chi connectivity index (χ1n) is 8.32. The molecule has 0 aromatic rings. The summed E-state index contributed by atoms with van der Waals surface area (Å²) in [5.41, 5.74) is -2.13. The van der Waals surface area contributed by atoms with E-state index >= 15 is 0 Å². The van der Waals surface area contributed by atoms with Crippen LogP contribution in [0.15, 0.2) is 0 Å². The second kappa shape index (κ2) is 10.7. The van der Waals surface area contributed by atoms with Crippen LogP contribution in [-0.2, 0) is 38.1 Å². The van der Waals surface area contributed by atoms with Gasteiger partial charge in [-0.3, -0.25) is 19.2 Å². The first-order valence-corrected chi connectivity index (χ1v) is 8.32. The molecule has 0 aliphatic heterocycles. The second-order valence-corrected chi connectivity index (χ2v) is 5.95. The zero-order chi connectivity index (χ0) is 19.6. The molecule has 0 atom stereocenters. The molecule has 8 heteroatoms. The third-order valence-electron chi connectivity index (χ3n) is 2.96. The number of hydrogen-bond donors (Lipinski definition) is 0. The first-order chi connectivity index (χ1) is 11.6. The van der Waals surface area contributed by atoms with Crippen LogP contribution in [0.25, 0.3) is 0 Å². The molecule has 0 aromatic carbocycles. The third kappa shape index (κ3) is 7.53. The lowest BCUT2D eigenvalue weighted by Crippen LogP contribution is -2.46. The molecule has 0 aliphatic rings. The highest BCUT2D eigenvalue weighted by Gasteiger charge is 2.53. The molecule has 0 bridgehead atoms. The maximum atomic E-state index is 12.5. The Balaban J connectivity index is 5.78. The average molecular weight is 360 g/mol. The van der Waals surface area contributed by atoms with Gasteiger partial charge < -0.3 is 18.9 Å². The number of rotatable bonds is 10. The molecule has 0 spiro atoms. The number of carbonyl (C=O) groups excluding carboxylic acids is 4. The molecule has 0 amide bonds. The zero-order valence-electron chi connectivity index (χ0n) is 15.7. The summed E-state index contributed by atoms with van der Waals surface area (Å²) in [6.07, 6.45) is -2.24. The molecular formula is C17H28O8. The molecule has 0 heterocycles. The zero-order valence-corrected chi connectivity index (χ0v) is 15.7. The summed E-state index contributed by atoms with van der Waals surface area (Å²) in [4.78, 5) is 49.2. The third-order valence-corrected chi connectivity index (χ3v) is 2.96. The summed E-state index contributed by atoms with van der Waals surface area (Å²) in [5.74, 6) is -3.66. The highest BCUT2D eigenvalue weighted by Crippen LogP contribution is 2.32. The molecule has 0 aromatic heterocycles. The summed E-state index contributed by atoms with van der Waals surface area (Å²) in [5, 5.41) is 0. The van der Waals surface area contributed by atoms with Gasteiger partial charge in [0, 0.05) is 0 Å². The molecule has 0 saturated carbocycles. The van der Waals surface area contributed by atoms with E-state index in [-0.39, 0.29) is 13.2 Å². The van der Waals surface area contributed by atoms with E-state index in [9.17, 15) is 19.2 Å². The van der Waals surface area contributed by atoms with E-state index in [2.05, 4.69) is 0 Å². The van der Waals surface area contributed by atoms with Gasteiger partial charge in [0.25, 0.3) is 0 Å². The fourth-order valence-corrected chi connectivity index (χ4v) is 2.07. The molecule has 144 valence electrons. The molecule has 0 aliphatic carbocycles. The van der Waals surface area contributed by atoms with Crippen molar-refractivity contribution >= 4 is 23.9 Å². The monoisotopic (exact) mass is 360 g/mol. The Labute approximate surface area is 148 Å². The van der Waals surface area contributed by atoms with Crippen LogP contribution in [0.2, 0.25) is 0 Å². The molecule has 25 heavy (non-hydrogen) atoms. The van der Waals surface area contributed by atoms with Crippen molar-refractivity contribution < 1.29 is 38.1 Å². The molecule has 0 fully saturated rings. The predicted molar refractivity (Wildman–Crippen MR) is 87.4 cm³/mol. The number of esters is 4. The van der Waals surface area contributed by atoms with Crippen molar-refractivity contribution in [3.63, 3.8) is 0 Å². The van der Waals surface area contributed by atoms with Gasteiger partial charge in [-0.25, -0.2) is 0 Å². The van der Waals surface area contributed by atoms with E-state index < -0.39 is 54.3 Å². The van der Waals surface area contributed by atoms with Crippen molar-refractivity contribution in [1.82, 2.24) is 0 Å². The molecular weight excluding hydrogens is 332 g/mol. The summed E-state index contributed by atoms with van der Waals surface area (Å²) in [7, 11) is 0. The van der Waals surface area contributed by atoms with Gasteiger partial charge in [0.15, 0.2) is 5.41 Å². The van der Waals surface area contributed by atoms with Gasteiger partial charge >= 0.3 is 23.9 Å². The van der Waals surface area contributed by atoms with Gasteiger partial charge in [-0.2, -0.15) is 0 Å². The minimum absolute atomic E-state index is 0.0293. The Morgan fingerprint density at radius 1 is 0.720 bits per heavy atom. The summed E-state index contributed by atoms with van der Waals surface area (Å²) in [6.45, 7) is 9.54. The van der Waals surface area contributed by atoms with Crippen molar-refractivity contribution in [3.8, 4) is 0 Å². The van der Waals surface area contributed by atoms with Gasteiger partial charge in [0.2, 0.25) is 0 Å². The normalized spacial score (nSPS) is 11.2. The van der Waals surface area contributed by atoms with Crippen LogP contribution in [0, 0.1) is 5.41 Å². The Bertz CT molecular complexity index is 437. The number of hydrogen-bond acceptors (Lipinski definition) is 8. The van der Waals surface area contributed by atoms with E-state index in [1.807, 2.05) is 0 Å². The van der Waals surface area contributed by atoms with E-state index in [4.69, 9.17) is 18.9 Å². The van der Waals surface area contributed by atoms with Gasteiger partial charge in [-0.05, 0) is 41.5 Å². The highest BCUT2D eigenvalue weighted by atomic mass is 16.6. The Morgan fingerprint density at radius 2 is 1.04 bits per heavy atom. The average Bonchev–Trinajstić information content (AvgIpc) is 2.44. The van der Waals surface area contributed by atoms with Crippen molar-refractivity contribution in [2.75, 3.05) is 13.2 Å². The standard InChI is InChI=1S/C17H28O8/c1-7-22-15(20)17(16(21)23-8-2,9-13(18)24-11(3)4)10-14(19)25-12(5)6/h11-12H,7-10H2,1-6H3. The van der Waals surface area contributed by atoms with Crippen LogP contribution < -0.4 is 0 Å². The van der Waals surface area contributed by atoms with Crippen molar-refractivity contribution in [2.24, 2.45) is 5.41 Å². The van der Waals surface area contributed by atoms with Gasteiger partial charge in [0.05, 0.1) is 38.3 Å². The Hall–Kier alpha value is -2.12. The molecule has 0 N–H and O–H groups in total. The first kappa shape index (κ1) is 22.9. The molecule has 0 rings (SSSR count). The highest BCUT2D eigenvalue weighted by molar-refractivity contribution is 6.05. The smallest absolute Gasteiger partial charge is 0.324 e. The predicted octanol–water partition coefficient (Wildman–Crippen LogP) is 1.78. The van der Waals surface area contributed by atoms with Crippen molar-refractivity contribution in [2.45, 2.75) is 66.6 Å². The Morgan fingerprint density at radius 3 is 1.28 bits per heavy atom. The lowest BCUT2D eigenvalue weighted by Gasteiger charge is -2.28. The van der Waals surface area contributed by atoms with Crippen molar-refractivity contribution in [1.29, 1.82) is 0 Å². The molecule has 0 radical (unpaired) electrons. The topological polar surface area (TPSA) is 105 Å². The minimum atomic E-state index is -2.13. The van der Waals surface area contributed by atoms with Crippen molar-refractivity contribution in [3.05, 3.63) is 0 Å². The fraction of sp³-hybridized carbons (Fsp3) is 0.765. The second-order valence-electron chi connectivity index (χ2n) is 5.95. The maximum absolute atomic E-state index is 12.5. The van der Waals surface area contributed by atoms with Gasteiger partial charge in [-0.1, -0.05) is 0 Å². The van der Waals surface area contributed by atoms with Crippen LogP contribution in [0.5, 0.6) is 0 Å². The quantitative estimate of drug-likeness (QED) is 0.330. The lowest BCUT2D eigenvalue weighted by molar-refractivity contribution is -0.182. The fourth-order valence-electron chi connectivity index (χ4n) is 2.07. The van der Waals surface area contributed by atoms with Crippen LogP contribution in [0.3, 0.4) is 0 Å². The summed E-state index contributed by atoms with van der Waals surface area (Å²) < 4.78 is 19.9. The molecule has 0 unspecified atom stereocenters.